The molecule has 0 saturated heterocycles. The van der Waals surface area contributed by atoms with Crippen molar-refractivity contribution in [3.05, 3.63) is 173 Å². The predicted octanol–water partition coefficient (Wildman–Crippen LogP) is 10.2. The Labute approximate surface area is 233 Å². The zero-order chi connectivity index (χ0) is 26.0. The lowest BCUT2D eigenvalue weighted by atomic mass is 9.70. The van der Waals surface area contributed by atoms with Gasteiger partial charge in [0.2, 0.25) is 0 Å². The normalized spacial score (nSPS) is 15.9. The van der Waals surface area contributed by atoms with Gasteiger partial charge in [-0.1, -0.05) is 109 Å². The first kappa shape index (κ1) is 22.4. The van der Waals surface area contributed by atoms with Crippen molar-refractivity contribution >= 4 is 28.7 Å². The van der Waals surface area contributed by atoms with E-state index in [9.17, 15) is 0 Å². The minimum Gasteiger partial charge on any atom is -0.310 e. The van der Waals surface area contributed by atoms with E-state index in [-0.39, 0.29) is 5.41 Å². The van der Waals surface area contributed by atoms with E-state index >= 15 is 0 Å². The smallest absolute Gasteiger partial charge is 0.0725 e. The number of hydrogen-bond acceptors (Lipinski definition) is 1. The molecule has 0 aliphatic heterocycles. The molecule has 2 heteroatoms. The van der Waals surface area contributed by atoms with Gasteiger partial charge < -0.3 is 4.90 Å². The zero-order valence-electron chi connectivity index (χ0n) is 21.2. The molecular formula is C37H24ClN. The molecule has 0 aromatic heterocycles. The van der Waals surface area contributed by atoms with Crippen LogP contribution in [-0.2, 0) is 5.41 Å². The average Bonchev–Trinajstić information content (AvgIpc) is 3.45. The van der Waals surface area contributed by atoms with Gasteiger partial charge in [-0.25, -0.2) is 0 Å². The van der Waals surface area contributed by atoms with E-state index in [4.69, 9.17) is 11.6 Å². The molecule has 6 aromatic rings. The van der Waals surface area contributed by atoms with Crippen LogP contribution in [0.1, 0.15) is 22.3 Å². The van der Waals surface area contributed by atoms with Crippen molar-refractivity contribution < 1.29 is 0 Å². The summed E-state index contributed by atoms with van der Waals surface area (Å²) in [6.45, 7) is 0. The lowest BCUT2D eigenvalue weighted by Gasteiger charge is -2.31. The third-order valence-electron chi connectivity index (χ3n) is 8.32. The summed E-state index contributed by atoms with van der Waals surface area (Å²) >= 11 is 6.55. The van der Waals surface area contributed by atoms with Gasteiger partial charge in [0.1, 0.15) is 0 Å². The summed E-state index contributed by atoms with van der Waals surface area (Å²) in [6.07, 6.45) is 0. The van der Waals surface area contributed by atoms with Crippen molar-refractivity contribution in [1.29, 1.82) is 0 Å². The van der Waals surface area contributed by atoms with E-state index in [1.54, 1.807) is 0 Å². The van der Waals surface area contributed by atoms with E-state index in [2.05, 4.69) is 144 Å². The van der Waals surface area contributed by atoms with Gasteiger partial charge in [0.05, 0.1) is 5.41 Å². The van der Waals surface area contributed by atoms with Crippen molar-refractivity contribution in [3.8, 4) is 22.3 Å². The molecule has 2 aliphatic carbocycles. The van der Waals surface area contributed by atoms with Crippen LogP contribution in [0.25, 0.3) is 22.3 Å². The Morgan fingerprint density at radius 2 is 0.846 bits per heavy atom. The maximum atomic E-state index is 6.55. The number of rotatable bonds is 3. The molecule has 0 N–H and O–H groups in total. The SMILES string of the molecule is Clc1ccc2c(c1)-c1ccccc1C21c2ccccc2-c2cc(N(c3ccccc3)c3ccccc3)ccc21. The number of para-hydroxylation sites is 2. The molecule has 0 heterocycles. The molecule has 8 rings (SSSR count). The summed E-state index contributed by atoms with van der Waals surface area (Å²) in [4.78, 5) is 2.34. The number of nitrogens with zero attached hydrogens (tertiary/aromatic N) is 1. The molecule has 1 nitrogen and oxygen atoms in total. The largest absolute Gasteiger partial charge is 0.310 e. The van der Waals surface area contributed by atoms with Crippen molar-refractivity contribution in [2.24, 2.45) is 0 Å². The molecule has 1 unspecified atom stereocenters. The fraction of sp³-hybridized carbons (Fsp3) is 0.0270. The quantitative estimate of drug-likeness (QED) is 0.225. The van der Waals surface area contributed by atoms with Crippen LogP contribution in [0.2, 0.25) is 5.02 Å². The molecule has 0 amide bonds. The van der Waals surface area contributed by atoms with Gasteiger partial charge in [-0.2, -0.15) is 0 Å². The first-order chi connectivity index (χ1) is 19.3. The molecule has 1 atom stereocenters. The number of hydrogen-bond donors (Lipinski definition) is 0. The topological polar surface area (TPSA) is 3.24 Å². The maximum absolute atomic E-state index is 6.55. The maximum Gasteiger partial charge on any atom is 0.0725 e. The molecule has 0 bridgehead atoms. The van der Waals surface area contributed by atoms with Crippen molar-refractivity contribution in [1.82, 2.24) is 0 Å². The summed E-state index contributed by atoms with van der Waals surface area (Å²) < 4.78 is 0. The highest BCUT2D eigenvalue weighted by atomic mass is 35.5. The summed E-state index contributed by atoms with van der Waals surface area (Å²) in [7, 11) is 0. The average molecular weight is 518 g/mol. The zero-order valence-corrected chi connectivity index (χ0v) is 21.9. The van der Waals surface area contributed by atoms with Gasteiger partial charge >= 0.3 is 0 Å². The summed E-state index contributed by atoms with van der Waals surface area (Å²) in [5.74, 6) is 0. The lowest BCUT2D eigenvalue weighted by Crippen LogP contribution is -2.25. The van der Waals surface area contributed by atoms with Crippen molar-refractivity contribution in [3.63, 3.8) is 0 Å². The van der Waals surface area contributed by atoms with Gasteiger partial charge in [-0.15, -0.1) is 0 Å². The second kappa shape index (κ2) is 8.46. The summed E-state index contributed by atoms with van der Waals surface area (Å²) in [5.41, 5.74) is 13.4. The molecule has 0 radical (unpaired) electrons. The Balaban J connectivity index is 1.42. The van der Waals surface area contributed by atoms with Crippen LogP contribution in [0.3, 0.4) is 0 Å². The van der Waals surface area contributed by atoms with Gasteiger partial charge in [-0.3, -0.25) is 0 Å². The number of halogens is 1. The third-order valence-corrected chi connectivity index (χ3v) is 8.56. The van der Waals surface area contributed by atoms with Gasteiger partial charge in [0.15, 0.2) is 0 Å². The van der Waals surface area contributed by atoms with E-state index in [1.807, 2.05) is 6.07 Å². The highest BCUT2D eigenvalue weighted by Gasteiger charge is 2.51. The van der Waals surface area contributed by atoms with Gasteiger partial charge in [-0.05, 0) is 93.0 Å². The summed E-state index contributed by atoms with van der Waals surface area (Å²) in [6, 6.07) is 52.3. The second-order valence-corrected chi connectivity index (χ2v) is 10.7. The van der Waals surface area contributed by atoms with E-state index in [0.29, 0.717) is 0 Å². The van der Waals surface area contributed by atoms with E-state index in [1.165, 1.54) is 44.5 Å². The molecule has 184 valence electrons. The predicted molar refractivity (Wildman–Crippen MR) is 162 cm³/mol. The third kappa shape index (κ3) is 3.08. The fourth-order valence-electron chi connectivity index (χ4n) is 6.85. The lowest BCUT2D eigenvalue weighted by molar-refractivity contribution is 0.794. The molecule has 2 aliphatic rings. The molecule has 39 heavy (non-hydrogen) atoms. The van der Waals surface area contributed by atoms with Crippen LogP contribution >= 0.6 is 11.6 Å². The van der Waals surface area contributed by atoms with Crippen LogP contribution in [0.5, 0.6) is 0 Å². The Kier molecular flexibility index (Phi) is 4.86. The first-order valence-corrected chi connectivity index (χ1v) is 13.7. The van der Waals surface area contributed by atoms with Crippen LogP contribution in [0, 0.1) is 0 Å². The van der Waals surface area contributed by atoms with E-state index < -0.39 is 0 Å². The molecule has 0 fully saturated rings. The number of benzene rings is 6. The van der Waals surface area contributed by atoms with E-state index in [0.717, 1.165) is 22.1 Å². The first-order valence-electron chi connectivity index (χ1n) is 13.3. The van der Waals surface area contributed by atoms with Crippen molar-refractivity contribution in [2.75, 3.05) is 4.90 Å². The van der Waals surface area contributed by atoms with Gasteiger partial charge in [0, 0.05) is 22.1 Å². The minimum absolute atomic E-state index is 0.370. The van der Waals surface area contributed by atoms with Gasteiger partial charge in [0.25, 0.3) is 0 Å². The van der Waals surface area contributed by atoms with Crippen molar-refractivity contribution in [2.45, 2.75) is 5.41 Å². The monoisotopic (exact) mass is 517 g/mol. The van der Waals surface area contributed by atoms with Crippen LogP contribution in [0.15, 0.2) is 146 Å². The second-order valence-electron chi connectivity index (χ2n) is 10.3. The molecule has 1 spiro atoms. The highest BCUT2D eigenvalue weighted by molar-refractivity contribution is 6.31. The molecular weight excluding hydrogens is 494 g/mol. The Bertz CT molecular complexity index is 1840. The Morgan fingerprint density at radius 3 is 1.44 bits per heavy atom. The Morgan fingerprint density at radius 1 is 0.385 bits per heavy atom. The summed E-state index contributed by atoms with van der Waals surface area (Å²) in [5, 5.41) is 0.767. The van der Waals surface area contributed by atoms with Crippen LogP contribution in [0.4, 0.5) is 17.1 Å². The number of anilines is 3. The highest BCUT2D eigenvalue weighted by Crippen LogP contribution is 2.63. The van der Waals surface area contributed by atoms with Crippen LogP contribution < -0.4 is 4.90 Å². The fourth-order valence-corrected chi connectivity index (χ4v) is 7.02. The minimum atomic E-state index is -0.370. The van der Waals surface area contributed by atoms with Crippen LogP contribution in [-0.4, -0.2) is 0 Å². The molecule has 0 saturated carbocycles. The number of fused-ring (bicyclic) bond motifs is 10. The standard InChI is InChI=1S/C37H24ClN/c38-25-19-21-35-31(23-25)29-15-7-9-17-33(29)37(35)34-18-10-8-16-30(34)32-24-28(20-22-36(32)37)39(26-11-3-1-4-12-26)27-13-5-2-6-14-27/h1-24H. The molecule has 6 aromatic carbocycles. The Hall–Kier alpha value is -4.59.